The van der Waals surface area contributed by atoms with Crippen LogP contribution in [-0.2, 0) is 19.4 Å². The van der Waals surface area contributed by atoms with Crippen molar-refractivity contribution in [1.29, 1.82) is 0 Å². The maximum absolute atomic E-state index is 5.40. The Hall–Kier alpha value is -2.07. The molecule has 0 atom stereocenters. The first-order valence-electron chi connectivity index (χ1n) is 9.41. The molecule has 0 saturated heterocycles. The Bertz CT molecular complexity index is 808. The molecule has 3 aromatic heterocycles. The number of guanidine groups is 1. The lowest BCUT2D eigenvalue weighted by Crippen LogP contribution is -2.39. The predicted molar refractivity (Wildman–Crippen MR) is 132 cm³/mol. The highest BCUT2D eigenvalue weighted by Crippen LogP contribution is 2.09. The summed E-state index contributed by atoms with van der Waals surface area (Å²) in [5.41, 5.74) is 0.941. The summed E-state index contributed by atoms with van der Waals surface area (Å²) in [6, 6.07) is 14.1. The fourth-order valence-electron chi connectivity index (χ4n) is 2.66. The number of rotatable bonds is 9. The zero-order chi connectivity index (χ0) is 19.6. The van der Waals surface area contributed by atoms with Gasteiger partial charge in [0.15, 0.2) is 5.96 Å². The molecule has 0 fully saturated rings. The van der Waals surface area contributed by atoms with Crippen LogP contribution in [0.3, 0.4) is 0 Å². The lowest BCUT2D eigenvalue weighted by Gasteiger charge is -2.13. The first kappa shape index (κ1) is 23.2. The van der Waals surface area contributed by atoms with Gasteiger partial charge in [0.1, 0.15) is 11.6 Å². The zero-order valence-electron chi connectivity index (χ0n) is 16.8. The van der Waals surface area contributed by atoms with Crippen molar-refractivity contribution < 1.29 is 4.42 Å². The first-order valence-corrected chi connectivity index (χ1v) is 10.3. The van der Waals surface area contributed by atoms with Crippen LogP contribution < -0.4 is 15.5 Å². The van der Waals surface area contributed by atoms with Crippen molar-refractivity contribution in [1.82, 2.24) is 15.6 Å². The van der Waals surface area contributed by atoms with Crippen molar-refractivity contribution in [3.63, 3.8) is 0 Å². The number of nitrogens with one attached hydrogen (secondary N) is 2. The van der Waals surface area contributed by atoms with Crippen molar-refractivity contribution in [3.05, 3.63) is 70.4 Å². The van der Waals surface area contributed by atoms with E-state index in [1.807, 2.05) is 49.3 Å². The third kappa shape index (κ3) is 8.06. The maximum Gasteiger partial charge on any atom is 0.191 e. The van der Waals surface area contributed by atoms with E-state index in [9.17, 15) is 0 Å². The minimum Gasteiger partial charge on any atom is -0.469 e. The largest absolute Gasteiger partial charge is 0.469 e. The van der Waals surface area contributed by atoms with Gasteiger partial charge in [0.05, 0.1) is 18.5 Å². The van der Waals surface area contributed by atoms with E-state index in [0.717, 1.165) is 49.2 Å². The molecule has 0 amide bonds. The molecule has 8 heteroatoms. The fourth-order valence-corrected chi connectivity index (χ4v) is 3.37. The zero-order valence-corrected chi connectivity index (χ0v) is 19.9. The average molecular weight is 525 g/mol. The Labute approximate surface area is 193 Å². The van der Waals surface area contributed by atoms with Crippen LogP contribution in [0.15, 0.2) is 63.5 Å². The Morgan fingerprint density at radius 3 is 2.59 bits per heavy atom. The molecule has 3 heterocycles. The molecule has 2 N–H and O–H groups in total. The van der Waals surface area contributed by atoms with Crippen LogP contribution in [0.4, 0.5) is 5.82 Å². The van der Waals surface area contributed by atoms with Gasteiger partial charge in [-0.1, -0.05) is 12.1 Å². The smallest absolute Gasteiger partial charge is 0.191 e. The van der Waals surface area contributed by atoms with E-state index in [-0.39, 0.29) is 24.0 Å². The van der Waals surface area contributed by atoms with Crippen molar-refractivity contribution in [3.8, 4) is 0 Å². The van der Waals surface area contributed by atoms with Crippen LogP contribution >= 0.6 is 35.3 Å². The summed E-state index contributed by atoms with van der Waals surface area (Å²) in [5, 5.41) is 8.92. The number of aromatic nitrogens is 1. The molecule has 0 aliphatic carbocycles. The second-order valence-electron chi connectivity index (χ2n) is 6.56. The number of hydrogen-bond acceptors (Lipinski definition) is 5. The second-order valence-corrected chi connectivity index (χ2v) is 7.59. The highest BCUT2D eigenvalue weighted by atomic mass is 127. The molecule has 3 aromatic rings. The molecule has 0 unspecified atom stereocenters. The molecule has 6 nitrogen and oxygen atoms in total. The summed E-state index contributed by atoms with van der Waals surface area (Å²) in [7, 11) is 3.98. The molecular formula is C21H28IN5OS. The van der Waals surface area contributed by atoms with Gasteiger partial charge < -0.3 is 20.0 Å². The minimum absolute atomic E-state index is 0. The van der Waals surface area contributed by atoms with E-state index in [1.54, 1.807) is 17.6 Å². The standard InChI is InChI=1S/C21H27N5OS.HI/c1-26(2)20-9-3-6-17(25-20)16-24-21(22-12-10-18-7-4-14-27-18)23-13-11-19-8-5-15-28-19;/h3-9,14-15H,10-13,16H2,1-2H3,(H2,22,23,24);1H. The highest BCUT2D eigenvalue weighted by molar-refractivity contribution is 14.0. The van der Waals surface area contributed by atoms with E-state index in [2.05, 4.69) is 33.1 Å². The third-order valence-electron chi connectivity index (χ3n) is 4.14. The van der Waals surface area contributed by atoms with Crippen LogP contribution in [0.5, 0.6) is 0 Å². The van der Waals surface area contributed by atoms with Crippen molar-refractivity contribution >= 4 is 47.1 Å². The van der Waals surface area contributed by atoms with Gasteiger partial charge in [-0.15, -0.1) is 35.3 Å². The lowest BCUT2D eigenvalue weighted by molar-refractivity contribution is 0.506. The Morgan fingerprint density at radius 1 is 1.07 bits per heavy atom. The van der Waals surface area contributed by atoms with Crippen LogP contribution in [0, 0.1) is 0 Å². The number of hydrogen-bond donors (Lipinski definition) is 2. The summed E-state index contributed by atoms with van der Waals surface area (Å²) in [5.74, 6) is 2.69. The third-order valence-corrected chi connectivity index (χ3v) is 5.07. The SMILES string of the molecule is CN(C)c1cccc(CN=C(NCCc2ccco2)NCCc2cccs2)n1.I. The van der Waals surface area contributed by atoms with E-state index < -0.39 is 0 Å². The monoisotopic (exact) mass is 525 g/mol. The van der Waals surface area contributed by atoms with E-state index in [1.165, 1.54) is 4.88 Å². The van der Waals surface area contributed by atoms with Gasteiger partial charge in [0.2, 0.25) is 0 Å². The van der Waals surface area contributed by atoms with Gasteiger partial charge in [-0.2, -0.15) is 0 Å². The molecular weight excluding hydrogens is 497 g/mol. The van der Waals surface area contributed by atoms with E-state index >= 15 is 0 Å². The molecule has 0 aliphatic heterocycles. The molecule has 0 radical (unpaired) electrons. The van der Waals surface area contributed by atoms with E-state index in [4.69, 9.17) is 9.41 Å². The van der Waals surface area contributed by atoms with Gasteiger partial charge in [-0.3, -0.25) is 0 Å². The van der Waals surface area contributed by atoms with Gasteiger partial charge >= 0.3 is 0 Å². The normalized spacial score (nSPS) is 11.0. The summed E-state index contributed by atoms with van der Waals surface area (Å²) < 4.78 is 5.40. The number of thiophene rings is 1. The lowest BCUT2D eigenvalue weighted by atomic mass is 10.3. The number of halogens is 1. The number of nitrogens with zero attached hydrogens (tertiary/aromatic N) is 3. The first-order chi connectivity index (χ1) is 13.7. The van der Waals surface area contributed by atoms with Crippen molar-refractivity contribution in [2.24, 2.45) is 4.99 Å². The Morgan fingerprint density at radius 2 is 1.90 bits per heavy atom. The highest BCUT2D eigenvalue weighted by Gasteiger charge is 2.03. The average Bonchev–Trinajstić information content (AvgIpc) is 3.40. The summed E-state index contributed by atoms with van der Waals surface area (Å²) in [6.07, 6.45) is 3.49. The van der Waals surface area contributed by atoms with Crippen molar-refractivity contribution in [2.45, 2.75) is 19.4 Å². The van der Waals surface area contributed by atoms with Crippen LogP contribution in [-0.4, -0.2) is 38.1 Å². The molecule has 0 saturated carbocycles. The molecule has 0 aromatic carbocycles. The van der Waals surface area contributed by atoms with E-state index in [0.29, 0.717) is 6.54 Å². The topological polar surface area (TPSA) is 65.7 Å². The van der Waals surface area contributed by atoms with Crippen LogP contribution in [0.25, 0.3) is 0 Å². The van der Waals surface area contributed by atoms with Gasteiger partial charge in [-0.05, 0) is 42.1 Å². The number of pyridine rings is 1. The number of anilines is 1. The van der Waals surface area contributed by atoms with Crippen molar-refractivity contribution in [2.75, 3.05) is 32.1 Å². The molecule has 0 aliphatic rings. The quantitative estimate of drug-likeness (QED) is 0.252. The molecule has 156 valence electrons. The Kier molecular flexibility index (Phi) is 9.99. The number of furan rings is 1. The molecule has 3 rings (SSSR count). The predicted octanol–water partition coefficient (Wildman–Crippen LogP) is 3.94. The molecule has 0 bridgehead atoms. The van der Waals surface area contributed by atoms with Gasteiger partial charge in [0.25, 0.3) is 0 Å². The summed E-state index contributed by atoms with van der Waals surface area (Å²) >= 11 is 1.78. The number of aliphatic imine (C=N–C) groups is 1. The summed E-state index contributed by atoms with van der Waals surface area (Å²) in [4.78, 5) is 12.7. The van der Waals surface area contributed by atoms with Crippen LogP contribution in [0.2, 0.25) is 0 Å². The molecule has 0 spiro atoms. The molecule has 29 heavy (non-hydrogen) atoms. The minimum atomic E-state index is 0. The summed E-state index contributed by atoms with van der Waals surface area (Å²) in [6.45, 7) is 2.11. The van der Waals surface area contributed by atoms with Crippen LogP contribution in [0.1, 0.15) is 16.3 Å². The van der Waals surface area contributed by atoms with Gasteiger partial charge in [0, 0.05) is 38.5 Å². The Balaban J connectivity index is 0.00000300. The maximum atomic E-state index is 5.40. The van der Waals surface area contributed by atoms with Gasteiger partial charge in [-0.25, -0.2) is 9.98 Å². The fraction of sp³-hybridized carbons (Fsp3) is 0.333. The second kappa shape index (κ2) is 12.5.